The summed E-state index contributed by atoms with van der Waals surface area (Å²) < 4.78 is 5.23. The van der Waals surface area contributed by atoms with Crippen LogP contribution in [0.3, 0.4) is 0 Å². The third-order valence-corrected chi connectivity index (χ3v) is 3.12. The molecule has 5 nitrogen and oxygen atoms in total. The Morgan fingerprint density at radius 2 is 1.41 bits per heavy atom. The van der Waals surface area contributed by atoms with Gasteiger partial charge in [-0.1, -0.05) is 18.2 Å². The number of esters is 1. The Morgan fingerprint density at radius 3 is 2.00 bits per heavy atom. The van der Waals surface area contributed by atoms with Gasteiger partial charge in [0.05, 0.1) is 11.3 Å². The van der Waals surface area contributed by atoms with Crippen molar-refractivity contribution in [2.75, 3.05) is 4.90 Å². The second-order valence-electron chi connectivity index (χ2n) is 4.59. The minimum absolute atomic E-state index is 0.338. The fourth-order valence-electron chi connectivity index (χ4n) is 2.06. The minimum Gasteiger partial charge on any atom is -0.423 e. The molecule has 22 heavy (non-hydrogen) atoms. The predicted molar refractivity (Wildman–Crippen MR) is 79.5 cm³/mol. The van der Waals surface area contributed by atoms with Crippen LogP contribution in [0, 0.1) is 0 Å². The lowest BCUT2D eigenvalue weighted by Gasteiger charge is -2.14. The summed E-state index contributed by atoms with van der Waals surface area (Å²) in [6.07, 6.45) is 2.43. The average Bonchev–Trinajstić information content (AvgIpc) is 2.88. The van der Waals surface area contributed by atoms with Crippen LogP contribution >= 0.6 is 0 Å². The Balaban J connectivity index is 1.74. The van der Waals surface area contributed by atoms with Gasteiger partial charge in [0.1, 0.15) is 5.75 Å². The van der Waals surface area contributed by atoms with E-state index in [0.29, 0.717) is 17.0 Å². The molecule has 108 valence electrons. The van der Waals surface area contributed by atoms with Crippen LogP contribution in [0.4, 0.5) is 5.69 Å². The van der Waals surface area contributed by atoms with E-state index in [-0.39, 0.29) is 11.8 Å². The van der Waals surface area contributed by atoms with Crippen molar-refractivity contribution >= 4 is 23.5 Å². The summed E-state index contributed by atoms with van der Waals surface area (Å²) in [5.74, 6) is -0.911. The number of rotatable bonds is 3. The van der Waals surface area contributed by atoms with Crippen LogP contribution in [0.15, 0.2) is 66.7 Å². The summed E-state index contributed by atoms with van der Waals surface area (Å²) in [6.45, 7) is 0. The molecule has 2 aromatic carbocycles. The Labute approximate surface area is 126 Å². The Hall–Kier alpha value is -3.21. The molecule has 1 heterocycles. The van der Waals surface area contributed by atoms with Gasteiger partial charge in [0.25, 0.3) is 11.8 Å². The van der Waals surface area contributed by atoms with E-state index in [1.165, 1.54) is 24.3 Å². The average molecular weight is 293 g/mol. The number of carbonyl (C=O) groups excluding carboxylic acids is 3. The third kappa shape index (κ3) is 2.64. The number of amides is 2. The number of ether oxygens (including phenoxy) is 1. The Kier molecular flexibility index (Phi) is 3.53. The smallest absolute Gasteiger partial charge is 0.343 e. The maximum absolute atomic E-state index is 11.9. The summed E-state index contributed by atoms with van der Waals surface area (Å²) in [5.41, 5.74) is 0.875. The molecular weight excluding hydrogens is 282 g/mol. The molecule has 0 bridgehead atoms. The van der Waals surface area contributed by atoms with Crippen molar-refractivity contribution in [1.82, 2.24) is 0 Å². The SMILES string of the molecule is O=C(Oc1ccc(N2C(=O)C=CC2=O)cc1)c1ccccc1. The van der Waals surface area contributed by atoms with E-state index in [1.54, 1.807) is 36.4 Å². The molecule has 0 N–H and O–H groups in total. The van der Waals surface area contributed by atoms with Gasteiger partial charge in [0.2, 0.25) is 0 Å². The van der Waals surface area contributed by atoms with Crippen LogP contribution in [-0.2, 0) is 9.59 Å². The van der Waals surface area contributed by atoms with E-state index in [1.807, 2.05) is 6.07 Å². The number of imide groups is 1. The van der Waals surface area contributed by atoms with Crippen molar-refractivity contribution in [3.05, 3.63) is 72.3 Å². The molecular formula is C17H11NO4. The lowest BCUT2D eigenvalue weighted by molar-refractivity contribution is -0.119. The number of benzene rings is 2. The predicted octanol–water partition coefficient (Wildman–Crippen LogP) is 2.34. The van der Waals surface area contributed by atoms with E-state index in [2.05, 4.69) is 0 Å². The van der Waals surface area contributed by atoms with Crippen molar-refractivity contribution in [1.29, 1.82) is 0 Å². The highest BCUT2D eigenvalue weighted by molar-refractivity contribution is 6.28. The van der Waals surface area contributed by atoms with Gasteiger partial charge in [-0.15, -0.1) is 0 Å². The maximum atomic E-state index is 11.9. The van der Waals surface area contributed by atoms with E-state index in [0.717, 1.165) is 4.90 Å². The number of hydrogen-bond donors (Lipinski definition) is 0. The fourth-order valence-corrected chi connectivity index (χ4v) is 2.06. The van der Waals surface area contributed by atoms with Crippen LogP contribution in [-0.4, -0.2) is 17.8 Å². The van der Waals surface area contributed by atoms with Gasteiger partial charge in [0.15, 0.2) is 0 Å². The van der Waals surface area contributed by atoms with Crippen LogP contribution in [0.5, 0.6) is 5.75 Å². The Morgan fingerprint density at radius 1 is 0.818 bits per heavy atom. The normalized spacial score (nSPS) is 13.5. The second-order valence-corrected chi connectivity index (χ2v) is 4.59. The first-order valence-corrected chi connectivity index (χ1v) is 6.58. The van der Waals surface area contributed by atoms with Crippen LogP contribution in [0.2, 0.25) is 0 Å². The van der Waals surface area contributed by atoms with Crippen LogP contribution < -0.4 is 9.64 Å². The van der Waals surface area contributed by atoms with Crippen molar-refractivity contribution in [2.45, 2.75) is 0 Å². The number of nitrogens with zero attached hydrogens (tertiary/aromatic N) is 1. The van der Waals surface area contributed by atoms with E-state index < -0.39 is 5.97 Å². The molecule has 0 atom stereocenters. The number of anilines is 1. The van der Waals surface area contributed by atoms with Crippen molar-refractivity contribution in [3.63, 3.8) is 0 Å². The van der Waals surface area contributed by atoms with E-state index in [4.69, 9.17) is 4.74 Å². The molecule has 0 radical (unpaired) electrons. The first-order chi connectivity index (χ1) is 10.6. The van der Waals surface area contributed by atoms with Crippen LogP contribution in [0.25, 0.3) is 0 Å². The zero-order valence-corrected chi connectivity index (χ0v) is 11.4. The first kappa shape index (κ1) is 13.8. The van der Waals surface area contributed by atoms with Crippen molar-refractivity contribution in [3.8, 4) is 5.75 Å². The van der Waals surface area contributed by atoms with Gasteiger partial charge < -0.3 is 4.74 Å². The molecule has 0 unspecified atom stereocenters. The molecule has 0 fully saturated rings. The Bertz CT molecular complexity index is 745. The van der Waals surface area contributed by atoms with Crippen molar-refractivity contribution in [2.24, 2.45) is 0 Å². The van der Waals surface area contributed by atoms with E-state index in [9.17, 15) is 14.4 Å². The lowest BCUT2D eigenvalue weighted by atomic mass is 10.2. The summed E-state index contributed by atoms with van der Waals surface area (Å²) in [7, 11) is 0. The van der Waals surface area contributed by atoms with Crippen LogP contribution in [0.1, 0.15) is 10.4 Å². The number of carbonyl (C=O) groups is 3. The third-order valence-electron chi connectivity index (χ3n) is 3.12. The first-order valence-electron chi connectivity index (χ1n) is 6.58. The largest absolute Gasteiger partial charge is 0.423 e. The summed E-state index contributed by atoms with van der Waals surface area (Å²) in [5, 5.41) is 0. The highest BCUT2D eigenvalue weighted by Crippen LogP contribution is 2.22. The summed E-state index contributed by atoms with van der Waals surface area (Å²) in [4.78, 5) is 36.1. The van der Waals surface area contributed by atoms with E-state index >= 15 is 0 Å². The zero-order valence-electron chi connectivity index (χ0n) is 11.4. The minimum atomic E-state index is -0.469. The summed E-state index contributed by atoms with van der Waals surface area (Å²) in [6, 6.07) is 14.8. The van der Waals surface area contributed by atoms with Gasteiger partial charge in [-0.25, -0.2) is 9.69 Å². The number of hydrogen-bond acceptors (Lipinski definition) is 4. The molecule has 3 rings (SSSR count). The van der Waals surface area contributed by atoms with Gasteiger partial charge in [0, 0.05) is 12.2 Å². The molecule has 0 saturated heterocycles. The zero-order chi connectivity index (χ0) is 15.5. The monoisotopic (exact) mass is 293 g/mol. The molecule has 0 spiro atoms. The van der Waals surface area contributed by atoms with Gasteiger partial charge >= 0.3 is 5.97 Å². The second kappa shape index (κ2) is 5.65. The molecule has 0 aromatic heterocycles. The van der Waals surface area contributed by atoms with Crippen molar-refractivity contribution < 1.29 is 19.1 Å². The van der Waals surface area contributed by atoms with Gasteiger partial charge in [-0.2, -0.15) is 0 Å². The molecule has 2 amide bonds. The molecule has 1 aliphatic rings. The lowest BCUT2D eigenvalue weighted by Crippen LogP contribution is -2.29. The fraction of sp³-hybridized carbons (Fsp3) is 0. The van der Waals surface area contributed by atoms with Gasteiger partial charge in [-0.3, -0.25) is 9.59 Å². The standard InChI is InChI=1S/C17H11NO4/c19-15-10-11-16(20)18(15)13-6-8-14(9-7-13)22-17(21)12-4-2-1-3-5-12/h1-11H. The molecule has 1 aliphatic heterocycles. The van der Waals surface area contributed by atoms with Gasteiger partial charge in [-0.05, 0) is 36.4 Å². The highest BCUT2D eigenvalue weighted by Gasteiger charge is 2.24. The molecule has 0 aliphatic carbocycles. The quantitative estimate of drug-likeness (QED) is 0.495. The topological polar surface area (TPSA) is 63.7 Å². The highest BCUT2D eigenvalue weighted by atomic mass is 16.5. The summed E-state index contributed by atoms with van der Waals surface area (Å²) >= 11 is 0. The molecule has 2 aromatic rings. The maximum Gasteiger partial charge on any atom is 0.343 e. The molecule has 0 saturated carbocycles. The molecule has 5 heteroatoms.